The first-order valence-electron chi connectivity index (χ1n) is 8.87. The van der Waals surface area contributed by atoms with Crippen LogP contribution in [-0.4, -0.2) is 52.2 Å². The summed E-state index contributed by atoms with van der Waals surface area (Å²) in [7, 11) is 0.371. The third-order valence-corrected chi connectivity index (χ3v) is 5.89. The minimum atomic E-state index is -3.31. The van der Waals surface area contributed by atoms with E-state index >= 15 is 0 Å². The lowest BCUT2D eigenvalue weighted by atomic mass is 9.87. The number of unbranched alkanes of at least 4 members (excludes halogenated alkanes) is 1. The Labute approximate surface area is 153 Å². The van der Waals surface area contributed by atoms with Crippen molar-refractivity contribution >= 4 is 15.8 Å². The first-order valence-corrected chi connectivity index (χ1v) is 10.5. The molecule has 5 nitrogen and oxygen atoms in total. The van der Waals surface area contributed by atoms with Crippen molar-refractivity contribution in [3.8, 4) is 0 Å². The Morgan fingerprint density at radius 1 is 1.20 bits per heavy atom. The van der Waals surface area contributed by atoms with Crippen molar-refractivity contribution < 1.29 is 8.42 Å². The standard InChI is InChI=1S/C19H33N3O2S/c1-7-8-14-22(6)18(20-5)21-13-15-25(23,24)17-11-9-16(10-12-17)19(2,3)4/h9-12H,7-8,13-15H2,1-6H3,(H,20,21). The second-order valence-electron chi connectivity index (χ2n) is 7.34. The van der Waals surface area contributed by atoms with Crippen molar-refractivity contribution in [2.45, 2.75) is 50.8 Å². The molecule has 0 aliphatic heterocycles. The summed E-state index contributed by atoms with van der Waals surface area (Å²) >= 11 is 0. The number of aliphatic imine (C=N–C) groups is 1. The Bertz CT molecular complexity index is 659. The molecule has 0 saturated heterocycles. The second-order valence-corrected chi connectivity index (χ2v) is 9.45. The molecular weight excluding hydrogens is 334 g/mol. The summed E-state index contributed by atoms with van der Waals surface area (Å²) in [5, 5.41) is 3.14. The lowest BCUT2D eigenvalue weighted by Gasteiger charge is -2.22. The highest BCUT2D eigenvalue weighted by Gasteiger charge is 2.18. The first-order chi connectivity index (χ1) is 11.6. The summed E-state index contributed by atoms with van der Waals surface area (Å²) in [5.41, 5.74) is 1.14. The number of rotatable bonds is 7. The van der Waals surface area contributed by atoms with Gasteiger partial charge in [-0.25, -0.2) is 8.42 Å². The number of nitrogens with zero attached hydrogens (tertiary/aromatic N) is 2. The van der Waals surface area contributed by atoms with Crippen molar-refractivity contribution in [2.24, 2.45) is 4.99 Å². The maximum absolute atomic E-state index is 12.5. The van der Waals surface area contributed by atoms with Gasteiger partial charge >= 0.3 is 0 Å². The van der Waals surface area contributed by atoms with E-state index in [1.807, 2.05) is 24.1 Å². The summed E-state index contributed by atoms with van der Waals surface area (Å²) in [6.07, 6.45) is 2.19. The van der Waals surface area contributed by atoms with Crippen LogP contribution >= 0.6 is 0 Å². The molecule has 0 aliphatic rings. The minimum Gasteiger partial charge on any atom is -0.355 e. The van der Waals surface area contributed by atoms with E-state index in [-0.39, 0.29) is 11.2 Å². The number of guanidine groups is 1. The maximum atomic E-state index is 12.5. The average molecular weight is 368 g/mol. The van der Waals surface area contributed by atoms with Crippen LogP contribution < -0.4 is 5.32 Å². The van der Waals surface area contributed by atoms with Crippen LogP contribution in [0.15, 0.2) is 34.2 Å². The molecule has 0 saturated carbocycles. The topological polar surface area (TPSA) is 61.8 Å². The van der Waals surface area contributed by atoms with Crippen LogP contribution in [0.5, 0.6) is 0 Å². The zero-order valence-corrected chi connectivity index (χ0v) is 17.3. The van der Waals surface area contributed by atoms with E-state index in [1.54, 1.807) is 19.2 Å². The molecule has 1 N–H and O–H groups in total. The zero-order valence-electron chi connectivity index (χ0n) is 16.5. The van der Waals surface area contributed by atoms with Gasteiger partial charge in [-0.3, -0.25) is 4.99 Å². The normalized spacial score (nSPS) is 13.0. The van der Waals surface area contributed by atoms with E-state index in [2.05, 4.69) is 38.0 Å². The van der Waals surface area contributed by atoms with Gasteiger partial charge < -0.3 is 10.2 Å². The van der Waals surface area contributed by atoms with E-state index in [1.165, 1.54) is 0 Å². The van der Waals surface area contributed by atoms with Crippen LogP contribution in [0.3, 0.4) is 0 Å². The minimum absolute atomic E-state index is 0.0133. The molecule has 0 atom stereocenters. The van der Waals surface area contributed by atoms with Gasteiger partial charge in [-0.15, -0.1) is 0 Å². The zero-order chi connectivity index (χ0) is 19.1. The van der Waals surface area contributed by atoms with Gasteiger partial charge in [0.15, 0.2) is 15.8 Å². The fourth-order valence-electron chi connectivity index (χ4n) is 2.46. The molecule has 0 fully saturated rings. The number of benzene rings is 1. The molecule has 0 bridgehead atoms. The molecule has 142 valence electrons. The summed E-state index contributed by atoms with van der Waals surface area (Å²) in [4.78, 5) is 6.60. The Balaban J connectivity index is 2.66. The fourth-order valence-corrected chi connectivity index (χ4v) is 3.62. The summed E-state index contributed by atoms with van der Waals surface area (Å²) in [5.74, 6) is 0.773. The predicted octanol–water partition coefficient (Wildman–Crippen LogP) is 3.07. The number of nitrogens with one attached hydrogen (secondary N) is 1. The fraction of sp³-hybridized carbons (Fsp3) is 0.632. The lowest BCUT2D eigenvalue weighted by Crippen LogP contribution is -2.41. The van der Waals surface area contributed by atoms with Crippen LogP contribution in [0, 0.1) is 0 Å². The van der Waals surface area contributed by atoms with E-state index in [0.29, 0.717) is 11.4 Å². The molecule has 0 aliphatic carbocycles. The highest BCUT2D eigenvalue weighted by atomic mass is 32.2. The third kappa shape index (κ3) is 6.69. The van der Waals surface area contributed by atoms with Crippen LogP contribution in [0.1, 0.15) is 46.1 Å². The first kappa shape index (κ1) is 21.5. The Morgan fingerprint density at radius 3 is 2.28 bits per heavy atom. The highest BCUT2D eigenvalue weighted by molar-refractivity contribution is 7.91. The number of sulfone groups is 1. The second kappa shape index (κ2) is 9.22. The molecule has 25 heavy (non-hydrogen) atoms. The Morgan fingerprint density at radius 2 is 1.80 bits per heavy atom. The molecule has 6 heteroatoms. The molecule has 1 aromatic carbocycles. The molecule has 0 aromatic heterocycles. The van der Waals surface area contributed by atoms with Crippen molar-refractivity contribution in [2.75, 3.05) is 32.9 Å². The molecule has 1 rings (SSSR count). The van der Waals surface area contributed by atoms with Crippen LogP contribution in [-0.2, 0) is 15.3 Å². The van der Waals surface area contributed by atoms with Crippen molar-refractivity contribution in [3.05, 3.63) is 29.8 Å². The smallest absolute Gasteiger partial charge is 0.193 e. The largest absolute Gasteiger partial charge is 0.355 e. The van der Waals surface area contributed by atoms with Gasteiger partial charge in [-0.1, -0.05) is 46.2 Å². The van der Waals surface area contributed by atoms with Crippen LogP contribution in [0.2, 0.25) is 0 Å². The summed E-state index contributed by atoms with van der Waals surface area (Å²) in [6, 6.07) is 7.21. The Hall–Kier alpha value is -1.56. The summed E-state index contributed by atoms with van der Waals surface area (Å²) < 4.78 is 25.0. The highest BCUT2D eigenvalue weighted by Crippen LogP contribution is 2.23. The van der Waals surface area contributed by atoms with Gasteiger partial charge in [0, 0.05) is 27.2 Å². The molecule has 0 radical (unpaired) electrons. The monoisotopic (exact) mass is 367 g/mol. The molecule has 0 heterocycles. The molecule has 0 amide bonds. The molecular formula is C19H33N3O2S. The van der Waals surface area contributed by atoms with E-state index in [9.17, 15) is 8.42 Å². The van der Waals surface area contributed by atoms with Gasteiger partial charge in [-0.2, -0.15) is 0 Å². The third-order valence-electron chi connectivity index (χ3n) is 4.15. The van der Waals surface area contributed by atoms with Crippen molar-refractivity contribution in [3.63, 3.8) is 0 Å². The lowest BCUT2D eigenvalue weighted by molar-refractivity contribution is 0.466. The van der Waals surface area contributed by atoms with Gasteiger partial charge in [0.05, 0.1) is 10.6 Å². The average Bonchev–Trinajstić information content (AvgIpc) is 2.56. The number of hydrogen-bond acceptors (Lipinski definition) is 3. The quantitative estimate of drug-likeness (QED) is 0.594. The van der Waals surface area contributed by atoms with Gasteiger partial charge in [0.1, 0.15) is 0 Å². The van der Waals surface area contributed by atoms with E-state index in [0.717, 1.165) is 30.9 Å². The van der Waals surface area contributed by atoms with Crippen LogP contribution in [0.25, 0.3) is 0 Å². The molecule has 0 unspecified atom stereocenters. The van der Waals surface area contributed by atoms with Crippen molar-refractivity contribution in [1.82, 2.24) is 10.2 Å². The molecule has 1 aromatic rings. The summed E-state index contributed by atoms with van der Waals surface area (Å²) in [6.45, 7) is 9.72. The van der Waals surface area contributed by atoms with Crippen molar-refractivity contribution in [1.29, 1.82) is 0 Å². The van der Waals surface area contributed by atoms with Gasteiger partial charge in [0.25, 0.3) is 0 Å². The van der Waals surface area contributed by atoms with E-state index in [4.69, 9.17) is 0 Å². The van der Waals surface area contributed by atoms with E-state index < -0.39 is 9.84 Å². The number of hydrogen-bond donors (Lipinski definition) is 1. The Kier molecular flexibility index (Phi) is 7.93. The van der Waals surface area contributed by atoms with Crippen LogP contribution in [0.4, 0.5) is 0 Å². The maximum Gasteiger partial charge on any atom is 0.193 e. The van der Waals surface area contributed by atoms with Gasteiger partial charge in [-0.05, 0) is 29.5 Å². The predicted molar refractivity (Wildman–Crippen MR) is 106 cm³/mol. The SMILES string of the molecule is CCCCN(C)C(=NC)NCCS(=O)(=O)c1ccc(C(C)(C)C)cc1. The van der Waals surface area contributed by atoms with Gasteiger partial charge in [0.2, 0.25) is 0 Å². The molecule has 0 spiro atoms.